The van der Waals surface area contributed by atoms with E-state index in [0.29, 0.717) is 0 Å². The highest BCUT2D eigenvalue weighted by atomic mass is 16.7. The molecule has 0 saturated heterocycles. The van der Waals surface area contributed by atoms with Crippen LogP contribution >= 0.6 is 0 Å². The topological polar surface area (TPSA) is 55.4 Å². The molecule has 0 unspecified atom stereocenters. The summed E-state index contributed by atoms with van der Waals surface area (Å²) in [7, 11) is 0. The number of carbonyl (C=O) groups excluding carboxylic acids is 2. The van der Waals surface area contributed by atoms with E-state index >= 15 is 0 Å². The first-order valence-corrected chi connectivity index (χ1v) is 3.51. The maximum Gasteiger partial charge on any atom is 0.337 e. The van der Waals surface area contributed by atoms with Crippen LogP contribution in [0.1, 0.15) is 20.8 Å². The summed E-state index contributed by atoms with van der Waals surface area (Å²) in [6, 6.07) is 0. The lowest BCUT2D eigenvalue weighted by atomic mass is 9.98. The molecule has 0 spiro atoms. The largest absolute Gasteiger partial charge is 0.340 e. The van der Waals surface area contributed by atoms with Crippen molar-refractivity contribution < 1.29 is 14.4 Å². The zero-order chi connectivity index (χ0) is 9.78. The maximum absolute atomic E-state index is 11.0. The molecule has 0 radical (unpaired) electrons. The lowest BCUT2D eigenvalue weighted by Crippen LogP contribution is -2.32. The van der Waals surface area contributed by atoms with Crippen molar-refractivity contribution in [3.05, 3.63) is 12.7 Å². The van der Waals surface area contributed by atoms with Gasteiger partial charge in [-0.25, -0.2) is 4.79 Å². The first kappa shape index (κ1) is 10.7. The Hall–Kier alpha value is -1.32. The van der Waals surface area contributed by atoms with Crippen molar-refractivity contribution in [3.8, 4) is 0 Å². The third-order valence-corrected chi connectivity index (χ3v) is 1.04. The van der Waals surface area contributed by atoms with Gasteiger partial charge in [0.2, 0.25) is 0 Å². The van der Waals surface area contributed by atoms with E-state index in [-0.39, 0.29) is 0 Å². The van der Waals surface area contributed by atoms with Gasteiger partial charge in [-0.05, 0) is 26.8 Å². The fourth-order valence-electron chi connectivity index (χ4n) is 0.291. The highest BCUT2D eigenvalue weighted by Gasteiger charge is 2.23. The SMILES string of the molecule is C=CC(=O)NOC(=O)C(C)(C)C. The average Bonchev–Trinajstić information content (AvgIpc) is 1.97. The number of hydrogen-bond acceptors (Lipinski definition) is 3. The van der Waals surface area contributed by atoms with Crippen molar-refractivity contribution in [2.45, 2.75) is 20.8 Å². The molecular formula is C8H13NO3. The van der Waals surface area contributed by atoms with Crippen LogP contribution in [0.4, 0.5) is 0 Å². The van der Waals surface area contributed by atoms with Crippen molar-refractivity contribution >= 4 is 11.9 Å². The van der Waals surface area contributed by atoms with Gasteiger partial charge < -0.3 is 4.84 Å². The van der Waals surface area contributed by atoms with Crippen LogP contribution in [0.2, 0.25) is 0 Å². The van der Waals surface area contributed by atoms with Crippen LogP contribution in [0.5, 0.6) is 0 Å². The molecule has 0 fully saturated rings. The Morgan fingerprint density at radius 2 is 1.92 bits per heavy atom. The van der Waals surface area contributed by atoms with E-state index < -0.39 is 17.3 Å². The third kappa shape index (κ3) is 3.75. The quantitative estimate of drug-likeness (QED) is 0.469. The van der Waals surface area contributed by atoms with Gasteiger partial charge in [0.1, 0.15) is 0 Å². The van der Waals surface area contributed by atoms with E-state index in [1.165, 1.54) is 0 Å². The zero-order valence-electron chi connectivity index (χ0n) is 7.51. The highest BCUT2D eigenvalue weighted by Crippen LogP contribution is 2.13. The van der Waals surface area contributed by atoms with Gasteiger partial charge in [-0.1, -0.05) is 6.58 Å². The highest BCUT2D eigenvalue weighted by molar-refractivity contribution is 5.87. The molecule has 1 amide bonds. The number of hydrogen-bond donors (Lipinski definition) is 1. The van der Waals surface area contributed by atoms with E-state index in [1.54, 1.807) is 20.8 Å². The molecule has 12 heavy (non-hydrogen) atoms. The predicted molar refractivity (Wildman–Crippen MR) is 43.9 cm³/mol. The molecule has 0 aromatic rings. The fourth-order valence-corrected chi connectivity index (χ4v) is 0.291. The summed E-state index contributed by atoms with van der Waals surface area (Å²) < 4.78 is 0. The second kappa shape index (κ2) is 3.90. The Morgan fingerprint density at radius 1 is 1.42 bits per heavy atom. The van der Waals surface area contributed by atoms with Gasteiger partial charge in [0, 0.05) is 0 Å². The molecule has 68 valence electrons. The summed E-state index contributed by atoms with van der Waals surface area (Å²) in [5, 5.41) is 0. The van der Waals surface area contributed by atoms with Gasteiger partial charge in [-0.3, -0.25) is 4.79 Å². The van der Waals surface area contributed by atoms with Crippen molar-refractivity contribution in [2.24, 2.45) is 5.41 Å². The van der Waals surface area contributed by atoms with Crippen LogP contribution in [0.3, 0.4) is 0 Å². The minimum atomic E-state index is -0.617. The number of carbonyl (C=O) groups is 2. The predicted octanol–water partition coefficient (Wildman–Crippen LogP) is 0.793. The molecule has 0 aromatic carbocycles. The van der Waals surface area contributed by atoms with Crippen LogP contribution in [-0.4, -0.2) is 11.9 Å². The molecule has 0 aromatic heterocycles. The van der Waals surface area contributed by atoms with Crippen LogP contribution in [-0.2, 0) is 14.4 Å². The number of amides is 1. The van der Waals surface area contributed by atoms with E-state index in [9.17, 15) is 9.59 Å². The summed E-state index contributed by atoms with van der Waals surface area (Å²) in [5.74, 6) is -1.02. The maximum atomic E-state index is 11.0. The molecule has 0 heterocycles. The molecule has 0 bridgehead atoms. The van der Waals surface area contributed by atoms with Crippen LogP contribution < -0.4 is 5.48 Å². The Balaban J connectivity index is 3.88. The summed E-state index contributed by atoms with van der Waals surface area (Å²) >= 11 is 0. The van der Waals surface area contributed by atoms with Gasteiger partial charge in [0.05, 0.1) is 5.41 Å². The Kier molecular flexibility index (Phi) is 3.47. The molecule has 0 aliphatic carbocycles. The first-order valence-electron chi connectivity index (χ1n) is 3.51. The minimum Gasteiger partial charge on any atom is -0.340 e. The van der Waals surface area contributed by atoms with Gasteiger partial charge in [0.25, 0.3) is 5.91 Å². The second-order valence-corrected chi connectivity index (χ2v) is 3.31. The Labute approximate surface area is 71.5 Å². The van der Waals surface area contributed by atoms with Crippen molar-refractivity contribution in [1.82, 2.24) is 5.48 Å². The van der Waals surface area contributed by atoms with Gasteiger partial charge in [-0.15, -0.1) is 0 Å². The normalized spacial score (nSPS) is 10.2. The van der Waals surface area contributed by atoms with E-state index in [4.69, 9.17) is 0 Å². The molecular weight excluding hydrogens is 158 g/mol. The molecule has 4 nitrogen and oxygen atoms in total. The van der Waals surface area contributed by atoms with Crippen LogP contribution in [0.25, 0.3) is 0 Å². The van der Waals surface area contributed by atoms with E-state index in [0.717, 1.165) is 6.08 Å². The standard InChI is InChI=1S/C8H13NO3/c1-5-6(10)9-12-7(11)8(2,3)4/h5H,1H2,2-4H3,(H,9,10). The fraction of sp³-hybridized carbons (Fsp3) is 0.500. The molecule has 1 N–H and O–H groups in total. The van der Waals surface area contributed by atoms with E-state index in [2.05, 4.69) is 11.4 Å². The van der Waals surface area contributed by atoms with E-state index in [1.807, 2.05) is 5.48 Å². The smallest absolute Gasteiger partial charge is 0.337 e. The molecule has 0 aliphatic rings. The molecule has 0 aliphatic heterocycles. The average molecular weight is 171 g/mol. The number of hydroxylamine groups is 1. The summed E-state index contributed by atoms with van der Waals surface area (Å²) in [5.41, 5.74) is 1.32. The minimum absolute atomic E-state index is 0.488. The monoisotopic (exact) mass is 171 g/mol. The van der Waals surface area contributed by atoms with Gasteiger partial charge in [0.15, 0.2) is 0 Å². The van der Waals surface area contributed by atoms with Crippen molar-refractivity contribution in [3.63, 3.8) is 0 Å². The van der Waals surface area contributed by atoms with Crippen molar-refractivity contribution in [2.75, 3.05) is 0 Å². The molecule has 0 rings (SSSR count). The number of nitrogens with one attached hydrogen (secondary N) is 1. The third-order valence-electron chi connectivity index (χ3n) is 1.04. The van der Waals surface area contributed by atoms with Gasteiger partial charge in [-0.2, -0.15) is 5.48 Å². The molecule has 0 saturated carbocycles. The van der Waals surface area contributed by atoms with Crippen molar-refractivity contribution in [1.29, 1.82) is 0 Å². The Morgan fingerprint density at radius 3 is 2.25 bits per heavy atom. The second-order valence-electron chi connectivity index (χ2n) is 3.31. The van der Waals surface area contributed by atoms with Crippen LogP contribution in [0, 0.1) is 5.41 Å². The molecule has 0 atom stereocenters. The lowest BCUT2D eigenvalue weighted by Gasteiger charge is -2.15. The Bertz CT molecular complexity index is 203. The summed E-state index contributed by atoms with van der Waals surface area (Å²) in [6.45, 7) is 8.27. The molecule has 4 heteroatoms. The lowest BCUT2D eigenvalue weighted by molar-refractivity contribution is -0.164. The van der Waals surface area contributed by atoms with Crippen LogP contribution in [0.15, 0.2) is 12.7 Å². The zero-order valence-corrected chi connectivity index (χ0v) is 7.51. The summed E-state index contributed by atoms with van der Waals surface area (Å²) in [6.07, 6.45) is 1.02. The first-order chi connectivity index (χ1) is 5.38. The number of rotatable bonds is 1. The summed E-state index contributed by atoms with van der Waals surface area (Å²) in [4.78, 5) is 26.0. The van der Waals surface area contributed by atoms with Gasteiger partial charge >= 0.3 is 5.97 Å².